The molecule has 0 radical (unpaired) electrons. The van der Waals surface area contributed by atoms with Crippen LogP contribution in [0.1, 0.15) is 6.92 Å². The highest BCUT2D eigenvalue weighted by Gasteiger charge is 2.16. The van der Waals surface area contributed by atoms with Crippen LogP contribution in [0, 0.1) is 0 Å². The predicted molar refractivity (Wildman–Crippen MR) is 74.5 cm³/mol. The van der Waals surface area contributed by atoms with Crippen LogP contribution in [-0.4, -0.2) is 30.3 Å². The fraction of sp³-hybridized carbons (Fsp3) is 0.267. The number of carbonyl (C=O) groups is 1. The Hall–Kier alpha value is -2.07. The highest BCUT2D eigenvalue weighted by molar-refractivity contribution is 5.83. The SMILES string of the molecule is CCNC(COc1ccc2ccccc2c1)C(=O)O. The number of fused-ring (bicyclic) bond motifs is 1. The number of rotatable bonds is 6. The van der Waals surface area contributed by atoms with Gasteiger partial charge >= 0.3 is 5.97 Å². The molecule has 0 heterocycles. The number of nitrogens with one attached hydrogen (secondary N) is 1. The molecule has 0 fully saturated rings. The van der Waals surface area contributed by atoms with Crippen molar-refractivity contribution >= 4 is 16.7 Å². The monoisotopic (exact) mass is 259 g/mol. The molecule has 0 spiro atoms. The maximum atomic E-state index is 11.0. The van der Waals surface area contributed by atoms with E-state index in [1.165, 1.54) is 0 Å². The van der Waals surface area contributed by atoms with Crippen LogP contribution in [0.15, 0.2) is 42.5 Å². The number of aliphatic carboxylic acids is 1. The fourth-order valence-corrected chi connectivity index (χ4v) is 1.90. The molecule has 0 saturated heterocycles. The molecular formula is C15H17NO3. The van der Waals surface area contributed by atoms with Gasteiger partial charge in [0.25, 0.3) is 0 Å². The molecule has 0 saturated carbocycles. The predicted octanol–water partition coefficient (Wildman–Crippen LogP) is 2.28. The third-order valence-electron chi connectivity index (χ3n) is 2.89. The minimum atomic E-state index is -0.900. The third-order valence-corrected chi connectivity index (χ3v) is 2.89. The summed E-state index contributed by atoms with van der Waals surface area (Å²) in [4.78, 5) is 11.0. The van der Waals surface area contributed by atoms with Crippen molar-refractivity contribution in [2.75, 3.05) is 13.2 Å². The van der Waals surface area contributed by atoms with Gasteiger partial charge in [-0.2, -0.15) is 0 Å². The van der Waals surface area contributed by atoms with Crippen molar-refractivity contribution < 1.29 is 14.6 Å². The summed E-state index contributed by atoms with van der Waals surface area (Å²) in [7, 11) is 0. The smallest absolute Gasteiger partial charge is 0.324 e. The average Bonchev–Trinajstić information content (AvgIpc) is 2.43. The maximum Gasteiger partial charge on any atom is 0.324 e. The third kappa shape index (κ3) is 3.45. The van der Waals surface area contributed by atoms with Crippen LogP contribution in [-0.2, 0) is 4.79 Å². The summed E-state index contributed by atoms with van der Waals surface area (Å²) >= 11 is 0. The molecule has 4 nitrogen and oxygen atoms in total. The Morgan fingerprint density at radius 2 is 2.00 bits per heavy atom. The van der Waals surface area contributed by atoms with Crippen LogP contribution >= 0.6 is 0 Å². The number of hydrogen-bond donors (Lipinski definition) is 2. The summed E-state index contributed by atoms with van der Waals surface area (Å²) in [6, 6.07) is 13.0. The summed E-state index contributed by atoms with van der Waals surface area (Å²) in [6.45, 7) is 2.57. The highest BCUT2D eigenvalue weighted by Crippen LogP contribution is 2.20. The Balaban J connectivity index is 2.06. The first kappa shape index (κ1) is 13.4. The summed E-state index contributed by atoms with van der Waals surface area (Å²) in [5, 5.41) is 14.1. The summed E-state index contributed by atoms with van der Waals surface area (Å²) in [6.07, 6.45) is 0. The molecule has 2 N–H and O–H groups in total. The number of carboxylic acids is 1. The van der Waals surface area contributed by atoms with Gasteiger partial charge in [0.05, 0.1) is 0 Å². The number of likely N-dealkylation sites (N-methyl/N-ethyl adjacent to an activating group) is 1. The molecule has 0 aliphatic heterocycles. The second-order valence-corrected chi connectivity index (χ2v) is 4.27. The van der Waals surface area contributed by atoms with Gasteiger partial charge in [-0.1, -0.05) is 37.3 Å². The van der Waals surface area contributed by atoms with Gasteiger partial charge < -0.3 is 15.2 Å². The molecule has 4 heteroatoms. The van der Waals surface area contributed by atoms with Crippen molar-refractivity contribution in [3.63, 3.8) is 0 Å². The molecular weight excluding hydrogens is 242 g/mol. The highest BCUT2D eigenvalue weighted by atomic mass is 16.5. The van der Waals surface area contributed by atoms with Crippen LogP contribution in [0.25, 0.3) is 10.8 Å². The Bertz CT molecular complexity index is 568. The van der Waals surface area contributed by atoms with E-state index in [0.29, 0.717) is 12.3 Å². The van der Waals surface area contributed by atoms with Gasteiger partial charge in [0.2, 0.25) is 0 Å². The largest absolute Gasteiger partial charge is 0.491 e. The fourth-order valence-electron chi connectivity index (χ4n) is 1.90. The molecule has 2 aromatic rings. The molecule has 0 aromatic heterocycles. The summed E-state index contributed by atoms with van der Waals surface area (Å²) in [5.74, 6) is -0.217. The quantitative estimate of drug-likeness (QED) is 0.835. The molecule has 19 heavy (non-hydrogen) atoms. The van der Waals surface area contributed by atoms with Gasteiger partial charge in [-0.05, 0) is 29.4 Å². The second kappa shape index (κ2) is 6.20. The standard InChI is InChI=1S/C15H17NO3/c1-2-16-14(15(17)18)10-19-13-8-7-11-5-3-4-6-12(11)9-13/h3-9,14,16H,2,10H2,1H3,(H,17,18). The second-order valence-electron chi connectivity index (χ2n) is 4.27. The van der Waals surface area contributed by atoms with Crippen LogP contribution in [0.3, 0.4) is 0 Å². The van der Waals surface area contributed by atoms with Crippen LogP contribution < -0.4 is 10.1 Å². The average molecular weight is 259 g/mol. The van der Waals surface area contributed by atoms with Crippen molar-refractivity contribution in [2.24, 2.45) is 0 Å². The maximum absolute atomic E-state index is 11.0. The Morgan fingerprint density at radius 3 is 2.68 bits per heavy atom. The molecule has 1 atom stereocenters. The van der Waals surface area contributed by atoms with Gasteiger partial charge in [0.1, 0.15) is 18.4 Å². The van der Waals surface area contributed by atoms with Crippen molar-refractivity contribution in [1.82, 2.24) is 5.32 Å². The van der Waals surface area contributed by atoms with Crippen molar-refractivity contribution in [2.45, 2.75) is 13.0 Å². The number of carboxylic acid groups (broad SMARTS) is 1. The van der Waals surface area contributed by atoms with E-state index in [1.54, 1.807) is 0 Å². The Morgan fingerprint density at radius 1 is 1.26 bits per heavy atom. The number of benzene rings is 2. The van der Waals surface area contributed by atoms with Crippen molar-refractivity contribution in [3.05, 3.63) is 42.5 Å². The molecule has 0 aliphatic carbocycles. The van der Waals surface area contributed by atoms with E-state index < -0.39 is 12.0 Å². The van der Waals surface area contributed by atoms with Crippen molar-refractivity contribution in [3.8, 4) is 5.75 Å². The van der Waals surface area contributed by atoms with Crippen LogP contribution in [0.5, 0.6) is 5.75 Å². The van der Waals surface area contributed by atoms with Gasteiger partial charge in [0, 0.05) is 0 Å². The molecule has 0 aliphatic rings. The lowest BCUT2D eigenvalue weighted by Crippen LogP contribution is -2.41. The van der Waals surface area contributed by atoms with Crippen LogP contribution in [0.2, 0.25) is 0 Å². The summed E-state index contributed by atoms with van der Waals surface area (Å²) in [5.41, 5.74) is 0. The Labute approximate surface area is 112 Å². The first-order valence-corrected chi connectivity index (χ1v) is 6.28. The lowest BCUT2D eigenvalue weighted by atomic mass is 10.1. The zero-order valence-corrected chi connectivity index (χ0v) is 10.8. The van der Waals surface area contributed by atoms with Gasteiger partial charge in [-0.3, -0.25) is 4.79 Å². The molecule has 0 amide bonds. The molecule has 2 aromatic carbocycles. The number of hydrogen-bond acceptors (Lipinski definition) is 3. The summed E-state index contributed by atoms with van der Waals surface area (Å²) < 4.78 is 5.55. The molecule has 0 bridgehead atoms. The lowest BCUT2D eigenvalue weighted by molar-refractivity contribution is -0.140. The van der Waals surface area contributed by atoms with E-state index in [0.717, 1.165) is 10.8 Å². The zero-order chi connectivity index (χ0) is 13.7. The van der Waals surface area contributed by atoms with Crippen molar-refractivity contribution in [1.29, 1.82) is 0 Å². The minimum absolute atomic E-state index is 0.113. The van der Waals surface area contributed by atoms with Crippen LogP contribution in [0.4, 0.5) is 0 Å². The first-order valence-electron chi connectivity index (χ1n) is 6.28. The zero-order valence-electron chi connectivity index (χ0n) is 10.8. The van der Waals surface area contributed by atoms with E-state index in [9.17, 15) is 4.79 Å². The lowest BCUT2D eigenvalue weighted by Gasteiger charge is -2.14. The minimum Gasteiger partial charge on any atom is -0.491 e. The Kier molecular flexibility index (Phi) is 4.36. The normalized spacial score (nSPS) is 12.3. The first-order chi connectivity index (χ1) is 9.20. The topological polar surface area (TPSA) is 58.6 Å². The van der Waals surface area contributed by atoms with Gasteiger partial charge in [-0.25, -0.2) is 0 Å². The van der Waals surface area contributed by atoms with E-state index in [1.807, 2.05) is 49.4 Å². The van der Waals surface area contributed by atoms with E-state index >= 15 is 0 Å². The van der Waals surface area contributed by atoms with E-state index in [4.69, 9.17) is 9.84 Å². The molecule has 2 rings (SSSR count). The van der Waals surface area contributed by atoms with E-state index in [-0.39, 0.29) is 6.61 Å². The van der Waals surface area contributed by atoms with E-state index in [2.05, 4.69) is 5.32 Å². The molecule has 1 unspecified atom stereocenters. The molecule has 100 valence electrons. The van der Waals surface area contributed by atoms with Gasteiger partial charge in [0.15, 0.2) is 0 Å². The number of ether oxygens (including phenoxy) is 1. The van der Waals surface area contributed by atoms with Gasteiger partial charge in [-0.15, -0.1) is 0 Å².